The Bertz CT molecular complexity index is 26.5. The highest BCUT2D eigenvalue weighted by molar-refractivity contribution is 14.4. The molecular formula is CH3Al2I6. The number of hydrogen-bond donors (Lipinski definition) is 0. The maximum absolute atomic E-state index is 2.46. The van der Waals surface area contributed by atoms with Crippen LogP contribution in [0.2, 0.25) is 0 Å². The summed E-state index contributed by atoms with van der Waals surface area (Å²) in [6.07, 6.45) is 0. The van der Waals surface area contributed by atoms with E-state index in [9.17, 15) is 0 Å². The van der Waals surface area contributed by atoms with Crippen molar-refractivity contribution in [3.63, 3.8) is 0 Å². The zero-order valence-electron chi connectivity index (χ0n) is 4.42. The summed E-state index contributed by atoms with van der Waals surface area (Å²) in [6, 6.07) is 0. The van der Waals surface area contributed by atoms with Crippen molar-refractivity contribution < 1.29 is 0 Å². The fraction of sp³-hybridized carbons (Fsp3) is 0. The summed E-state index contributed by atoms with van der Waals surface area (Å²) in [5.41, 5.74) is 0. The van der Waals surface area contributed by atoms with Crippen LogP contribution in [0.3, 0.4) is 0 Å². The van der Waals surface area contributed by atoms with Gasteiger partial charge in [0.1, 0.15) is 0 Å². The Labute approximate surface area is 133 Å². The molecule has 0 heterocycles. The summed E-state index contributed by atoms with van der Waals surface area (Å²) in [5.74, 6) is 0. The second-order valence-corrected chi connectivity index (χ2v) is 66.8. The zero-order valence-corrected chi connectivity index (χ0v) is 19.7. The average molecular weight is 830 g/mol. The largest absolute Gasteiger partial charge is 0.524 e. The monoisotopic (exact) mass is 830 g/mol. The van der Waals surface area contributed by atoms with Gasteiger partial charge in [0, 0.05) is 0 Å². The molecule has 0 N–H and O–H groups in total. The van der Waals surface area contributed by atoms with E-state index in [0.717, 1.165) is 0 Å². The summed E-state index contributed by atoms with van der Waals surface area (Å²) >= 11 is 14.7. The quantitative estimate of drug-likeness (QED) is 0.239. The smallest absolute Gasteiger partial charge is 0.175 e. The van der Waals surface area contributed by atoms with Crippen molar-refractivity contribution in [2.75, 3.05) is 0 Å². The molecule has 0 rings (SSSR count). The zero-order chi connectivity index (χ0) is 7.15. The third-order valence-corrected chi connectivity index (χ3v) is 0. The molecule has 0 fully saturated rings. The third-order valence-electron chi connectivity index (χ3n) is 0. The average Bonchev–Trinajstić information content (AvgIpc) is 1.25. The molecule has 0 saturated carbocycles. The van der Waals surface area contributed by atoms with Crippen LogP contribution in [0.4, 0.5) is 0 Å². The van der Waals surface area contributed by atoms with E-state index in [0.29, 0.717) is 0 Å². The van der Waals surface area contributed by atoms with E-state index < -0.39 is 0 Å². The first-order valence-corrected chi connectivity index (χ1v) is 26.3. The van der Waals surface area contributed by atoms with Crippen LogP contribution in [0, 0.1) is 7.43 Å². The molecule has 0 aromatic carbocycles. The highest BCUT2D eigenvalue weighted by Gasteiger charge is 1.95. The van der Waals surface area contributed by atoms with Crippen molar-refractivity contribution in [3.05, 3.63) is 7.43 Å². The molecule has 9 heavy (non-hydrogen) atoms. The molecule has 0 nitrogen and oxygen atoms in total. The highest BCUT2D eigenvalue weighted by atomic mass is 127. The summed E-state index contributed by atoms with van der Waals surface area (Å²) in [5, 5.41) is 0. The lowest BCUT2D eigenvalue weighted by Crippen LogP contribution is -1.59. The summed E-state index contributed by atoms with van der Waals surface area (Å²) in [6.45, 7) is 0. The second-order valence-electron chi connectivity index (χ2n) is 0.495. The topological polar surface area (TPSA) is 0 Å². The van der Waals surface area contributed by atoms with Gasteiger partial charge in [-0.15, -0.1) is 0 Å². The van der Waals surface area contributed by atoms with Gasteiger partial charge in [0.05, 0.1) is 0 Å². The molecule has 0 aromatic rings. The van der Waals surface area contributed by atoms with Gasteiger partial charge in [-0.1, -0.05) is 7.43 Å². The van der Waals surface area contributed by atoms with Crippen LogP contribution in [0.15, 0.2) is 0 Å². The van der Waals surface area contributed by atoms with Gasteiger partial charge in [-0.05, 0) is 0 Å². The molecular weight excluding hydrogens is 827 g/mol. The lowest BCUT2D eigenvalue weighted by Gasteiger charge is -1.59. The Kier molecular flexibility index (Phi) is 35.2. The van der Waals surface area contributed by atoms with E-state index in [4.69, 9.17) is 0 Å². The van der Waals surface area contributed by atoms with Gasteiger partial charge in [0.15, 0.2) is 0 Å². The van der Waals surface area contributed by atoms with E-state index in [2.05, 4.69) is 122 Å². The second kappa shape index (κ2) is 15.9. The van der Waals surface area contributed by atoms with Crippen LogP contribution in [0.1, 0.15) is 0 Å². The van der Waals surface area contributed by atoms with E-state index in [-0.39, 0.29) is 16.0 Å². The first-order chi connectivity index (χ1) is 3.46. The van der Waals surface area contributed by atoms with Gasteiger partial charge in [-0.2, -0.15) is 122 Å². The van der Waals surface area contributed by atoms with Gasteiger partial charge < -0.3 is 0 Å². The maximum atomic E-state index is 2.46. The Morgan fingerprint density at radius 1 is 0.556 bits per heavy atom. The van der Waals surface area contributed by atoms with Crippen LogP contribution in [-0.4, -0.2) is 8.60 Å². The van der Waals surface area contributed by atoms with Crippen LogP contribution in [0.25, 0.3) is 0 Å². The molecule has 1 radical (unpaired) electrons. The van der Waals surface area contributed by atoms with Gasteiger partial charge in [0.25, 0.3) is 0 Å². The normalized spacial score (nSPS) is 6.00. The fourth-order valence-electron chi connectivity index (χ4n) is 0. The van der Waals surface area contributed by atoms with Crippen LogP contribution in [0.5, 0.6) is 0 Å². The van der Waals surface area contributed by atoms with E-state index >= 15 is 0 Å². The first kappa shape index (κ1) is 19.9. The molecule has 0 spiro atoms. The SMILES string of the molecule is [CH3].[I][Al]([I])[I].[I][Al]([I])[I]. The van der Waals surface area contributed by atoms with Crippen LogP contribution < -0.4 is 0 Å². The summed E-state index contributed by atoms with van der Waals surface area (Å²) in [7, 11) is 0. The van der Waals surface area contributed by atoms with Crippen molar-refractivity contribution in [1.82, 2.24) is 0 Å². The minimum atomic E-state index is -0.229. The van der Waals surface area contributed by atoms with Crippen molar-refractivity contribution >= 4 is 130 Å². The first-order valence-electron chi connectivity index (χ1n) is 1.31. The Hall–Kier alpha value is 5.44. The lowest BCUT2D eigenvalue weighted by molar-refractivity contribution is 3.24. The van der Waals surface area contributed by atoms with Crippen LogP contribution >= 0.6 is 122 Å². The maximum Gasteiger partial charge on any atom is 0.524 e. The third kappa shape index (κ3) is 59.4. The molecule has 0 aliphatic carbocycles. The minimum Gasteiger partial charge on any atom is -0.175 e. The fourth-order valence-corrected chi connectivity index (χ4v) is 0. The van der Waals surface area contributed by atoms with E-state index in [1.54, 1.807) is 0 Å². The Balaban J connectivity index is -0.0000000720. The minimum absolute atomic E-state index is 0. The molecule has 55 valence electrons. The van der Waals surface area contributed by atoms with Gasteiger partial charge in [-0.3, -0.25) is 0 Å². The summed E-state index contributed by atoms with van der Waals surface area (Å²) in [4.78, 5) is 0. The predicted molar refractivity (Wildman–Crippen MR) is 102 cm³/mol. The van der Waals surface area contributed by atoms with Crippen molar-refractivity contribution in [1.29, 1.82) is 0 Å². The van der Waals surface area contributed by atoms with E-state index in [1.165, 1.54) is 0 Å². The molecule has 8 heteroatoms. The molecule has 0 unspecified atom stereocenters. The van der Waals surface area contributed by atoms with Crippen LogP contribution in [-0.2, 0) is 0 Å². The van der Waals surface area contributed by atoms with Crippen molar-refractivity contribution in [2.24, 2.45) is 0 Å². The lowest BCUT2D eigenvalue weighted by atomic mass is 12.0. The van der Waals surface area contributed by atoms with Gasteiger partial charge in [0.2, 0.25) is 0 Å². The van der Waals surface area contributed by atoms with Gasteiger partial charge in [-0.25, -0.2) is 0 Å². The number of hydrogen-bond acceptors (Lipinski definition) is 0. The molecule has 0 aliphatic rings. The standard InChI is InChI=1S/CH3.2Al.6HI/h1H3;;;6*1H/q;2*+3;;;;;;/p-6. The number of halogens is 6. The molecule has 0 aliphatic heterocycles. The van der Waals surface area contributed by atoms with Crippen molar-refractivity contribution in [3.8, 4) is 0 Å². The molecule has 0 saturated heterocycles. The van der Waals surface area contributed by atoms with E-state index in [1.807, 2.05) is 0 Å². The highest BCUT2D eigenvalue weighted by Crippen LogP contribution is 2.10. The Morgan fingerprint density at radius 3 is 0.556 bits per heavy atom. The molecule has 0 amide bonds. The molecule has 0 bridgehead atoms. The van der Waals surface area contributed by atoms with Crippen molar-refractivity contribution in [2.45, 2.75) is 0 Å². The molecule has 0 atom stereocenters. The van der Waals surface area contributed by atoms with Gasteiger partial charge >= 0.3 is 8.60 Å². The summed E-state index contributed by atoms with van der Waals surface area (Å²) < 4.78 is -0.458. The Morgan fingerprint density at radius 2 is 0.556 bits per heavy atom. The number of rotatable bonds is 0. The predicted octanol–water partition coefficient (Wildman–Crippen LogP) is 5.00. The molecule has 0 aromatic heterocycles.